The first-order chi connectivity index (χ1) is 9.78. The van der Waals surface area contributed by atoms with E-state index in [9.17, 15) is 0 Å². The van der Waals surface area contributed by atoms with Crippen LogP contribution in [0, 0.1) is 5.92 Å². The Hall–Kier alpha value is -1.32. The predicted molar refractivity (Wildman–Crippen MR) is 82.7 cm³/mol. The van der Waals surface area contributed by atoms with Crippen LogP contribution in [0.4, 0.5) is 0 Å². The lowest BCUT2D eigenvalue weighted by Gasteiger charge is -2.16. The third-order valence-corrected chi connectivity index (χ3v) is 4.01. The van der Waals surface area contributed by atoms with Crippen molar-refractivity contribution in [1.29, 1.82) is 0 Å². The van der Waals surface area contributed by atoms with Gasteiger partial charge in [0.25, 0.3) is 0 Å². The number of hydrogen-bond donors (Lipinski definition) is 1. The number of nitrogens with zero attached hydrogens (tertiary/aromatic N) is 1. The minimum atomic E-state index is 0.817. The van der Waals surface area contributed by atoms with Gasteiger partial charge in [0, 0.05) is 24.0 Å². The Balaban J connectivity index is 1.84. The Bertz CT molecular complexity index is 571. The van der Waals surface area contributed by atoms with Crippen LogP contribution >= 0.6 is 0 Å². The molecule has 0 unspecified atom stereocenters. The minimum absolute atomic E-state index is 0.817. The third-order valence-electron chi connectivity index (χ3n) is 4.01. The molecule has 3 nitrogen and oxygen atoms in total. The van der Waals surface area contributed by atoms with Gasteiger partial charge in [-0.05, 0) is 38.4 Å². The zero-order chi connectivity index (χ0) is 13.9. The molecule has 0 bridgehead atoms. The Kier molecular flexibility index (Phi) is 4.08. The van der Waals surface area contributed by atoms with Crippen LogP contribution < -0.4 is 5.32 Å². The first kappa shape index (κ1) is 13.7. The summed E-state index contributed by atoms with van der Waals surface area (Å²) >= 11 is 0. The molecule has 1 heterocycles. The van der Waals surface area contributed by atoms with Gasteiger partial charge in [0.1, 0.15) is 11.3 Å². The van der Waals surface area contributed by atoms with Crippen molar-refractivity contribution in [3.8, 4) is 0 Å². The van der Waals surface area contributed by atoms with E-state index < -0.39 is 0 Å². The normalized spacial score (nSPS) is 15.3. The smallest absolute Gasteiger partial charge is 0.134 e. The summed E-state index contributed by atoms with van der Waals surface area (Å²) < 4.78 is 6.03. The minimum Gasteiger partial charge on any atom is -0.459 e. The number of rotatable bonds is 7. The summed E-state index contributed by atoms with van der Waals surface area (Å²) in [7, 11) is 2.22. The highest BCUT2D eigenvalue weighted by Crippen LogP contribution is 2.31. The van der Waals surface area contributed by atoms with Crippen molar-refractivity contribution < 1.29 is 4.42 Å². The van der Waals surface area contributed by atoms with Gasteiger partial charge in [-0.1, -0.05) is 25.1 Å². The third kappa shape index (κ3) is 3.05. The van der Waals surface area contributed by atoms with Crippen LogP contribution in [0.25, 0.3) is 11.0 Å². The quantitative estimate of drug-likeness (QED) is 0.837. The van der Waals surface area contributed by atoms with Crippen molar-refractivity contribution in [3.05, 3.63) is 35.6 Å². The number of furan rings is 1. The van der Waals surface area contributed by atoms with E-state index in [2.05, 4.69) is 42.4 Å². The molecule has 1 aliphatic carbocycles. The molecule has 3 rings (SSSR count). The van der Waals surface area contributed by atoms with Gasteiger partial charge < -0.3 is 14.6 Å². The maximum absolute atomic E-state index is 6.03. The average Bonchev–Trinajstić information content (AvgIpc) is 3.19. The van der Waals surface area contributed by atoms with E-state index in [1.807, 2.05) is 6.07 Å². The van der Waals surface area contributed by atoms with Crippen molar-refractivity contribution in [2.75, 3.05) is 20.1 Å². The summed E-state index contributed by atoms with van der Waals surface area (Å²) in [5, 5.41) is 4.65. The first-order valence-corrected chi connectivity index (χ1v) is 7.66. The fourth-order valence-electron chi connectivity index (χ4n) is 2.78. The maximum atomic E-state index is 6.03. The van der Waals surface area contributed by atoms with E-state index >= 15 is 0 Å². The Morgan fingerprint density at radius 2 is 2.10 bits per heavy atom. The van der Waals surface area contributed by atoms with Gasteiger partial charge >= 0.3 is 0 Å². The molecule has 0 atom stereocenters. The van der Waals surface area contributed by atoms with Crippen LogP contribution in [0.2, 0.25) is 0 Å². The van der Waals surface area contributed by atoms with Crippen molar-refractivity contribution in [3.63, 3.8) is 0 Å². The summed E-state index contributed by atoms with van der Waals surface area (Å²) in [5.74, 6) is 2.02. The second-order valence-corrected chi connectivity index (χ2v) is 5.92. The SMILES string of the molecule is CCNCc1oc2ccccc2c1CN(C)CC1CC1. The van der Waals surface area contributed by atoms with Gasteiger partial charge in [-0.15, -0.1) is 0 Å². The number of fused-ring (bicyclic) bond motifs is 1. The van der Waals surface area contributed by atoms with Crippen LogP contribution in [-0.4, -0.2) is 25.0 Å². The van der Waals surface area contributed by atoms with E-state index in [0.29, 0.717) is 0 Å². The van der Waals surface area contributed by atoms with E-state index in [4.69, 9.17) is 4.42 Å². The molecule has 0 amide bonds. The van der Waals surface area contributed by atoms with Gasteiger partial charge in [0.2, 0.25) is 0 Å². The number of hydrogen-bond acceptors (Lipinski definition) is 3. The summed E-state index contributed by atoms with van der Waals surface area (Å²) in [6.45, 7) is 6.10. The molecule has 1 aromatic heterocycles. The Morgan fingerprint density at radius 3 is 2.85 bits per heavy atom. The molecule has 1 N–H and O–H groups in total. The number of nitrogens with one attached hydrogen (secondary N) is 1. The van der Waals surface area contributed by atoms with Crippen molar-refractivity contribution >= 4 is 11.0 Å². The van der Waals surface area contributed by atoms with Crippen molar-refractivity contribution in [2.24, 2.45) is 5.92 Å². The van der Waals surface area contributed by atoms with Gasteiger partial charge in [-0.2, -0.15) is 0 Å². The van der Waals surface area contributed by atoms with E-state index in [1.54, 1.807) is 0 Å². The summed E-state index contributed by atoms with van der Waals surface area (Å²) in [6, 6.07) is 8.38. The Labute approximate surface area is 120 Å². The molecule has 2 aromatic rings. The number of para-hydroxylation sites is 1. The van der Waals surface area contributed by atoms with E-state index in [0.717, 1.165) is 36.9 Å². The molecule has 0 radical (unpaired) electrons. The Morgan fingerprint density at radius 1 is 1.30 bits per heavy atom. The zero-order valence-electron chi connectivity index (χ0n) is 12.5. The molecule has 1 aliphatic rings. The molecule has 1 saturated carbocycles. The average molecular weight is 272 g/mol. The highest BCUT2D eigenvalue weighted by Gasteiger charge is 2.24. The van der Waals surface area contributed by atoms with Gasteiger partial charge in [-0.3, -0.25) is 0 Å². The molecular weight excluding hydrogens is 248 g/mol. The second kappa shape index (κ2) is 5.98. The van der Waals surface area contributed by atoms with Gasteiger partial charge in [0.15, 0.2) is 0 Å². The maximum Gasteiger partial charge on any atom is 0.134 e. The van der Waals surface area contributed by atoms with Crippen LogP contribution in [0.3, 0.4) is 0 Å². The largest absolute Gasteiger partial charge is 0.459 e. The fraction of sp³-hybridized carbons (Fsp3) is 0.529. The summed E-state index contributed by atoms with van der Waals surface area (Å²) in [6.07, 6.45) is 2.81. The lowest BCUT2D eigenvalue weighted by molar-refractivity contribution is 0.310. The monoisotopic (exact) mass is 272 g/mol. The fourth-order valence-corrected chi connectivity index (χ4v) is 2.78. The molecule has 20 heavy (non-hydrogen) atoms. The van der Waals surface area contributed by atoms with E-state index in [-0.39, 0.29) is 0 Å². The predicted octanol–water partition coefficient (Wildman–Crippen LogP) is 3.38. The molecule has 0 aliphatic heterocycles. The molecule has 108 valence electrons. The van der Waals surface area contributed by atoms with Crippen LogP contribution in [-0.2, 0) is 13.1 Å². The summed E-state index contributed by atoms with van der Waals surface area (Å²) in [5.41, 5.74) is 2.36. The lowest BCUT2D eigenvalue weighted by Crippen LogP contribution is -2.21. The molecule has 0 saturated heterocycles. The lowest BCUT2D eigenvalue weighted by atomic mass is 10.1. The highest BCUT2D eigenvalue weighted by atomic mass is 16.3. The summed E-state index contributed by atoms with van der Waals surface area (Å²) in [4.78, 5) is 2.43. The number of benzene rings is 1. The standard InChI is InChI=1S/C17H24N2O/c1-3-18-10-17-15(12-19(2)11-13-8-9-13)14-6-4-5-7-16(14)20-17/h4-7,13,18H,3,8-12H2,1-2H3. The molecule has 0 spiro atoms. The second-order valence-electron chi connectivity index (χ2n) is 5.92. The van der Waals surface area contributed by atoms with Crippen LogP contribution in [0.1, 0.15) is 31.1 Å². The topological polar surface area (TPSA) is 28.4 Å². The van der Waals surface area contributed by atoms with Gasteiger partial charge in [-0.25, -0.2) is 0 Å². The van der Waals surface area contributed by atoms with E-state index in [1.165, 1.54) is 30.3 Å². The first-order valence-electron chi connectivity index (χ1n) is 7.66. The zero-order valence-corrected chi connectivity index (χ0v) is 12.5. The molecule has 1 aromatic carbocycles. The van der Waals surface area contributed by atoms with Gasteiger partial charge in [0.05, 0.1) is 6.54 Å². The highest BCUT2D eigenvalue weighted by molar-refractivity contribution is 5.82. The molecule has 3 heteroatoms. The van der Waals surface area contributed by atoms with Crippen molar-refractivity contribution in [2.45, 2.75) is 32.9 Å². The molecule has 1 fully saturated rings. The van der Waals surface area contributed by atoms with Crippen LogP contribution in [0.15, 0.2) is 28.7 Å². The molecular formula is C17H24N2O. The van der Waals surface area contributed by atoms with Crippen molar-refractivity contribution in [1.82, 2.24) is 10.2 Å². The van der Waals surface area contributed by atoms with Crippen LogP contribution in [0.5, 0.6) is 0 Å².